The average molecular weight is 306 g/mol. The molecule has 0 aliphatic rings. The molecule has 2 rings (SSSR count). The van der Waals surface area contributed by atoms with Gasteiger partial charge in [-0.3, -0.25) is 4.98 Å². The molecule has 1 heterocycles. The van der Waals surface area contributed by atoms with Crippen molar-refractivity contribution in [2.45, 2.75) is 25.0 Å². The zero-order valence-corrected chi connectivity index (χ0v) is 12.6. The van der Waals surface area contributed by atoms with Crippen molar-refractivity contribution < 1.29 is 13.5 Å². The Morgan fingerprint density at radius 3 is 2.48 bits per heavy atom. The minimum Gasteiger partial charge on any atom is -0.392 e. The van der Waals surface area contributed by atoms with E-state index in [1.54, 1.807) is 49.6 Å². The fraction of sp³-hybridized carbons (Fsp3) is 0.267. The number of hydrogen-bond donors (Lipinski definition) is 1. The normalized spacial score (nSPS) is 11.8. The second kappa shape index (κ2) is 6.80. The number of pyridine rings is 1. The molecule has 5 nitrogen and oxygen atoms in total. The first kappa shape index (κ1) is 15.6. The Morgan fingerprint density at radius 2 is 1.86 bits per heavy atom. The number of nitrogens with zero attached hydrogens (tertiary/aromatic N) is 2. The second-order valence-electron chi connectivity index (χ2n) is 4.59. The van der Waals surface area contributed by atoms with Crippen LogP contribution in [0.3, 0.4) is 0 Å². The van der Waals surface area contributed by atoms with Gasteiger partial charge in [-0.2, -0.15) is 4.31 Å². The first-order valence-corrected chi connectivity index (χ1v) is 8.10. The SMILES string of the molecule is CCN(Cc1ccncc1)S(=O)(=O)c1cccc(CO)c1. The maximum Gasteiger partial charge on any atom is 0.243 e. The summed E-state index contributed by atoms with van der Waals surface area (Å²) in [5, 5.41) is 9.14. The van der Waals surface area contributed by atoms with Crippen molar-refractivity contribution in [1.29, 1.82) is 0 Å². The summed E-state index contributed by atoms with van der Waals surface area (Å²) < 4.78 is 26.7. The van der Waals surface area contributed by atoms with Gasteiger partial charge in [-0.05, 0) is 35.4 Å². The van der Waals surface area contributed by atoms with Crippen LogP contribution in [0.4, 0.5) is 0 Å². The van der Waals surface area contributed by atoms with E-state index in [9.17, 15) is 8.42 Å². The third-order valence-electron chi connectivity index (χ3n) is 3.18. The van der Waals surface area contributed by atoms with Gasteiger partial charge in [0.15, 0.2) is 0 Å². The number of benzene rings is 1. The van der Waals surface area contributed by atoms with Crippen LogP contribution in [-0.4, -0.2) is 29.4 Å². The minimum absolute atomic E-state index is 0.181. The predicted molar refractivity (Wildman–Crippen MR) is 79.9 cm³/mol. The van der Waals surface area contributed by atoms with Crippen molar-refractivity contribution in [2.75, 3.05) is 6.54 Å². The third kappa shape index (κ3) is 3.66. The summed E-state index contributed by atoms with van der Waals surface area (Å²) in [6.07, 6.45) is 3.28. The molecule has 0 aliphatic carbocycles. The van der Waals surface area contributed by atoms with Crippen molar-refractivity contribution in [1.82, 2.24) is 9.29 Å². The lowest BCUT2D eigenvalue weighted by atomic mass is 10.2. The van der Waals surface area contributed by atoms with Crippen LogP contribution in [0, 0.1) is 0 Å². The lowest BCUT2D eigenvalue weighted by Gasteiger charge is -2.20. The molecule has 112 valence electrons. The fourth-order valence-electron chi connectivity index (χ4n) is 2.01. The van der Waals surface area contributed by atoms with Crippen molar-refractivity contribution >= 4 is 10.0 Å². The highest BCUT2D eigenvalue weighted by Gasteiger charge is 2.23. The molecule has 0 unspecified atom stereocenters. The molecule has 1 aromatic heterocycles. The summed E-state index contributed by atoms with van der Waals surface area (Å²) in [7, 11) is -3.58. The van der Waals surface area contributed by atoms with Gasteiger partial charge in [0.25, 0.3) is 0 Å². The molecular formula is C15H18N2O3S. The Kier molecular flexibility index (Phi) is 5.06. The van der Waals surface area contributed by atoms with Crippen LogP contribution in [0.2, 0.25) is 0 Å². The van der Waals surface area contributed by atoms with Gasteiger partial charge in [0.05, 0.1) is 11.5 Å². The molecule has 0 saturated heterocycles. The van der Waals surface area contributed by atoms with E-state index in [1.807, 2.05) is 0 Å². The van der Waals surface area contributed by atoms with Crippen LogP contribution in [0.25, 0.3) is 0 Å². The second-order valence-corrected chi connectivity index (χ2v) is 6.53. The van der Waals surface area contributed by atoms with Gasteiger partial charge < -0.3 is 5.11 Å². The van der Waals surface area contributed by atoms with E-state index >= 15 is 0 Å². The first-order valence-electron chi connectivity index (χ1n) is 6.66. The van der Waals surface area contributed by atoms with Crippen LogP contribution in [0.15, 0.2) is 53.7 Å². The number of sulfonamides is 1. The van der Waals surface area contributed by atoms with E-state index < -0.39 is 10.0 Å². The summed E-state index contributed by atoms with van der Waals surface area (Å²) in [4.78, 5) is 4.12. The van der Waals surface area contributed by atoms with Gasteiger partial charge in [-0.15, -0.1) is 0 Å². The Labute approximate surface area is 124 Å². The third-order valence-corrected chi connectivity index (χ3v) is 5.10. The van der Waals surface area contributed by atoms with Gasteiger partial charge in [0.2, 0.25) is 10.0 Å². The minimum atomic E-state index is -3.58. The Morgan fingerprint density at radius 1 is 1.14 bits per heavy atom. The highest BCUT2D eigenvalue weighted by atomic mass is 32.2. The van der Waals surface area contributed by atoms with Crippen molar-refractivity contribution in [2.24, 2.45) is 0 Å². The molecule has 0 aliphatic heterocycles. The van der Waals surface area contributed by atoms with Gasteiger partial charge in [-0.25, -0.2) is 8.42 Å². The van der Waals surface area contributed by atoms with E-state index in [0.29, 0.717) is 18.7 Å². The van der Waals surface area contributed by atoms with Crippen molar-refractivity contribution in [3.8, 4) is 0 Å². The number of hydrogen-bond acceptors (Lipinski definition) is 4. The summed E-state index contributed by atoms with van der Waals surface area (Å²) in [6.45, 7) is 2.28. The number of aliphatic hydroxyl groups is 1. The molecule has 0 amide bonds. The molecule has 0 radical (unpaired) electrons. The highest BCUT2D eigenvalue weighted by molar-refractivity contribution is 7.89. The van der Waals surface area contributed by atoms with Gasteiger partial charge in [-0.1, -0.05) is 19.1 Å². The lowest BCUT2D eigenvalue weighted by Crippen LogP contribution is -2.30. The van der Waals surface area contributed by atoms with E-state index in [-0.39, 0.29) is 11.5 Å². The molecule has 1 N–H and O–H groups in total. The lowest BCUT2D eigenvalue weighted by molar-refractivity contribution is 0.281. The molecule has 1 aromatic carbocycles. The summed E-state index contributed by atoms with van der Waals surface area (Å²) >= 11 is 0. The zero-order chi connectivity index (χ0) is 15.3. The first-order chi connectivity index (χ1) is 10.1. The Bertz CT molecular complexity index is 687. The van der Waals surface area contributed by atoms with Crippen molar-refractivity contribution in [3.63, 3.8) is 0 Å². The maximum absolute atomic E-state index is 12.7. The average Bonchev–Trinajstić information content (AvgIpc) is 2.53. The van der Waals surface area contributed by atoms with Crippen LogP contribution in [-0.2, 0) is 23.2 Å². The molecule has 0 spiro atoms. The molecule has 0 bridgehead atoms. The Balaban J connectivity index is 2.31. The Hall–Kier alpha value is -1.76. The molecular weight excluding hydrogens is 288 g/mol. The van der Waals surface area contributed by atoms with Crippen LogP contribution < -0.4 is 0 Å². The summed E-state index contributed by atoms with van der Waals surface area (Å²) in [5.41, 5.74) is 1.46. The number of aromatic nitrogens is 1. The van der Waals surface area contributed by atoms with E-state index in [2.05, 4.69) is 4.98 Å². The van der Waals surface area contributed by atoms with Crippen LogP contribution in [0.5, 0.6) is 0 Å². The van der Waals surface area contributed by atoms with E-state index in [1.165, 1.54) is 10.4 Å². The molecule has 0 fully saturated rings. The fourth-order valence-corrected chi connectivity index (χ4v) is 3.52. The standard InChI is InChI=1S/C15H18N2O3S/c1-2-17(11-13-6-8-16-9-7-13)21(19,20)15-5-3-4-14(10-15)12-18/h3-10,18H,2,11-12H2,1H3. The van der Waals surface area contributed by atoms with Crippen molar-refractivity contribution in [3.05, 3.63) is 59.9 Å². The highest BCUT2D eigenvalue weighted by Crippen LogP contribution is 2.19. The quantitative estimate of drug-likeness (QED) is 0.883. The summed E-state index contributed by atoms with van der Waals surface area (Å²) in [5.74, 6) is 0. The number of aliphatic hydroxyl groups excluding tert-OH is 1. The smallest absolute Gasteiger partial charge is 0.243 e. The van der Waals surface area contributed by atoms with Gasteiger partial charge in [0, 0.05) is 25.5 Å². The van der Waals surface area contributed by atoms with E-state index in [0.717, 1.165) is 5.56 Å². The predicted octanol–water partition coefficient (Wildman–Crippen LogP) is 1.78. The molecule has 21 heavy (non-hydrogen) atoms. The molecule has 2 aromatic rings. The molecule has 6 heteroatoms. The number of rotatable bonds is 6. The van der Waals surface area contributed by atoms with Crippen LogP contribution in [0.1, 0.15) is 18.1 Å². The largest absolute Gasteiger partial charge is 0.392 e. The molecule has 0 atom stereocenters. The summed E-state index contributed by atoms with van der Waals surface area (Å²) in [6, 6.07) is 9.97. The maximum atomic E-state index is 12.7. The molecule has 0 saturated carbocycles. The topological polar surface area (TPSA) is 70.5 Å². The van der Waals surface area contributed by atoms with Crippen LogP contribution >= 0.6 is 0 Å². The van der Waals surface area contributed by atoms with Gasteiger partial charge in [0.1, 0.15) is 0 Å². The zero-order valence-electron chi connectivity index (χ0n) is 11.8. The van der Waals surface area contributed by atoms with E-state index in [4.69, 9.17) is 5.11 Å². The monoisotopic (exact) mass is 306 g/mol. The van der Waals surface area contributed by atoms with Gasteiger partial charge >= 0.3 is 0 Å².